The lowest BCUT2D eigenvalue weighted by molar-refractivity contribution is 0.443. The maximum atomic E-state index is 13.5. The van der Waals surface area contributed by atoms with Gasteiger partial charge in [0.1, 0.15) is 5.83 Å². The van der Waals surface area contributed by atoms with Crippen LogP contribution < -0.4 is 0 Å². The molecule has 0 heterocycles. The fraction of sp³-hybridized carbons (Fsp3) is 0.412. The standard InChI is InChI=1S/C17H19F/c18-17-8-4-7-16(17)15-11-9-14(10-12-15)13-5-2-1-3-6-13/h7-13H,1-6H2. The highest BCUT2D eigenvalue weighted by molar-refractivity contribution is 5.79. The lowest BCUT2D eigenvalue weighted by atomic mass is 9.84. The van der Waals surface area contributed by atoms with Crippen LogP contribution in [0.3, 0.4) is 0 Å². The molecule has 0 spiro atoms. The van der Waals surface area contributed by atoms with Crippen LogP contribution in [0.1, 0.15) is 55.6 Å². The fourth-order valence-electron chi connectivity index (χ4n) is 3.11. The van der Waals surface area contributed by atoms with Crippen molar-refractivity contribution in [3.05, 3.63) is 53.4 Å². The Morgan fingerprint density at radius 3 is 2.22 bits per heavy atom. The molecule has 1 heteroatoms. The van der Waals surface area contributed by atoms with Gasteiger partial charge in [-0.25, -0.2) is 4.39 Å². The van der Waals surface area contributed by atoms with E-state index in [2.05, 4.69) is 24.3 Å². The first-order chi connectivity index (χ1) is 8.84. The second kappa shape index (κ2) is 5.09. The first-order valence-corrected chi connectivity index (χ1v) is 7.01. The SMILES string of the molecule is FC1=CCC=C1c1ccc(C2CCCCC2)cc1. The highest BCUT2D eigenvalue weighted by atomic mass is 19.1. The molecule has 0 bridgehead atoms. The van der Waals surface area contributed by atoms with Crippen LogP contribution in [0.5, 0.6) is 0 Å². The summed E-state index contributed by atoms with van der Waals surface area (Å²) in [6.45, 7) is 0. The third-order valence-electron chi connectivity index (χ3n) is 4.17. The van der Waals surface area contributed by atoms with E-state index in [0.29, 0.717) is 0 Å². The zero-order valence-electron chi connectivity index (χ0n) is 10.7. The van der Waals surface area contributed by atoms with Crippen molar-refractivity contribution in [2.75, 3.05) is 0 Å². The van der Waals surface area contributed by atoms with Gasteiger partial charge in [0.2, 0.25) is 0 Å². The minimum absolute atomic E-state index is 0.0691. The second-order valence-electron chi connectivity index (χ2n) is 5.36. The van der Waals surface area contributed by atoms with Crippen LogP contribution in [0.4, 0.5) is 4.39 Å². The number of hydrogen-bond donors (Lipinski definition) is 0. The summed E-state index contributed by atoms with van der Waals surface area (Å²) >= 11 is 0. The Morgan fingerprint density at radius 2 is 1.61 bits per heavy atom. The van der Waals surface area contributed by atoms with Gasteiger partial charge in [0.05, 0.1) is 0 Å². The summed E-state index contributed by atoms with van der Waals surface area (Å²) in [7, 11) is 0. The topological polar surface area (TPSA) is 0 Å². The van der Waals surface area contributed by atoms with Gasteiger partial charge in [-0.3, -0.25) is 0 Å². The van der Waals surface area contributed by atoms with Crippen LogP contribution in [-0.2, 0) is 0 Å². The van der Waals surface area contributed by atoms with Gasteiger partial charge < -0.3 is 0 Å². The highest BCUT2D eigenvalue weighted by Gasteiger charge is 2.16. The van der Waals surface area contributed by atoms with Crippen LogP contribution in [-0.4, -0.2) is 0 Å². The third-order valence-corrected chi connectivity index (χ3v) is 4.17. The molecule has 2 aliphatic carbocycles. The molecule has 0 atom stereocenters. The van der Waals surface area contributed by atoms with Gasteiger partial charge in [0.15, 0.2) is 0 Å². The molecule has 0 N–H and O–H groups in total. The molecule has 2 aliphatic rings. The van der Waals surface area contributed by atoms with E-state index in [1.54, 1.807) is 6.08 Å². The Kier molecular flexibility index (Phi) is 3.31. The average Bonchev–Trinajstić information content (AvgIpc) is 2.86. The summed E-state index contributed by atoms with van der Waals surface area (Å²) in [5.41, 5.74) is 3.22. The third kappa shape index (κ3) is 2.27. The summed E-state index contributed by atoms with van der Waals surface area (Å²) in [6, 6.07) is 8.54. The lowest BCUT2D eigenvalue weighted by Crippen LogP contribution is -2.04. The van der Waals surface area contributed by atoms with E-state index in [9.17, 15) is 4.39 Å². The lowest BCUT2D eigenvalue weighted by Gasteiger charge is -2.22. The summed E-state index contributed by atoms with van der Waals surface area (Å²) in [6.07, 6.45) is 11.1. The molecule has 1 aromatic rings. The van der Waals surface area contributed by atoms with Crippen molar-refractivity contribution in [3.8, 4) is 0 Å². The predicted molar refractivity (Wildman–Crippen MR) is 74.1 cm³/mol. The van der Waals surface area contributed by atoms with Gasteiger partial charge in [-0.15, -0.1) is 0 Å². The summed E-state index contributed by atoms with van der Waals surface area (Å²) in [5, 5.41) is 0. The first-order valence-electron chi connectivity index (χ1n) is 7.01. The Morgan fingerprint density at radius 1 is 0.889 bits per heavy atom. The van der Waals surface area contributed by atoms with Crippen molar-refractivity contribution in [3.63, 3.8) is 0 Å². The molecule has 0 aromatic heterocycles. The molecule has 94 valence electrons. The van der Waals surface area contributed by atoms with Gasteiger partial charge in [0, 0.05) is 5.57 Å². The van der Waals surface area contributed by atoms with Crippen molar-refractivity contribution in [1.82, 2.24) is 0 Å². The van der Waals surface area contributed by atoms with Gasteiger partial charge >= 0.3 is 0 Å². The maximum absolute atomic E-state index is 13.5. The van der Waals surface area contributed by atoms with Crippen LogP contribution >= 0.6 is 0 Å². The Labute approximate surface area is 108 Å². The molecular weight excluding hydrogens is 223 g/mol. The molecule has 0 unspecified atom stereocenters. The largest absolute Gasteiger partial charge is 0.207 e. The van der Waals surface area contributed by atoms with Crippen LogP contribution in [0.15, 0.2) is 42.2 Å². The maximum Gasteiger partial charge on any atom is 0.127 e. The van der Waals surface area contributed by atoms with E-state index >= 15 is 0 Å². The first kappa shape index (κ1) is 11.7. The van der Waals surface area contributed by atoms with Gasteiger partial charge in [-0.1, -0.05) is 49.6 Å². The minimum atomic E-state index is -0.0691. The molecule has 18 heavy (non-hydrogen) atoms. The average molecular weight is 242 g/mol. The summed E-state index contributed by atoms with van der Waals surface area (Å²) < 4.78 is 13.5. The molecule has 0 aliphatic heterocycles. The van der Waals surface area contributed by atoms with Gasteiger partial charge in [-0.05, 0) is 42.4 Å². The number of hydrogen-bond acceptors (Lipinski definition) is 0. The molecule has 3 rings (SSSR count). The van der Waals surface area contributed by atoms with Crippen LogP contribution in [0, 0.1) is 0 Å². The zero-order valence-corrected chi connectivity index (χ0v) is 10.7. The van der Waals surface area contributed by atoms with Crippen molar-refractivity contribution in [2.24, 2.45) is 0 Å². The monoisotopic (exact) mass is 242 g/mol. The van der Waals surface area contributed by atoms with E-state index in [4.69, 9.17) is 0 Å². The van der Waals surface area contributed by atoms with E-state index in [1.165, 1.54) is 37.7 Å². The Hall–Kier alpha value is -1.37. The molecule has 0 radical (unpaired) electrons. The minimum Gasteiger partial charge on any atom is -0.207 e. The molecular formula is C17H19F. The van der Waals surface area contributed by atoms with E-state index in [-0.39, 0.29) is 5.83 Å². The zero-order chi connectivity index (χ0) is 12.4. The van der Waals surface area contributed by atoms with E-state index < -0.39 is 0 Å². The van der Waals surface area contributed by atoms with Crippen molar-refractivity contribution in [2.45, 2.75) is 44.4 Å². The molecule has 1 fully saturated rings. The molecule has 1 saturated carbocycles. The summed E-state index contributed by atoms with van der Waals surface area (Å²) in [5.74, 6) is 0.658. The molecule has 1 aromatic carbocycles. The normalized spacial score (nSPS) is 20.7. The number of allylic oxidation sites excluding steroid dienone is 4. The van der Waals surface area contributed by atoms with Crippen molar-refractivity contribution in [1.29, 1.82) is 0 Å². The molecule has 0 amide bonds. The Balaban J connectivity index is 1.78. The van der Waals surface area contributed by atoms with Crippen molar-refractivity contribution < 1.29 is 4.39 Å². The fourth-order valence-corrected chi connectivity index (χ4v) is 3.11. The highest BCUT2D eigenvalue weighted by Crippen LogP contribution is 2.34. The number of rotatable bonds is 2. The van der Waals surface area contributed by atoms with E-state index in [0.717, 1.165) is 23.5 Å². The van der Waals surface area contributed by atoms with Gasteiger partial charge in [-0.2, -0.15) is 0 Å². The van der Waals surface area contributed by atoms with Gasteiger partial charge in [0.25, 0.3) is 0 Å². The number of halogens is 1. The number of benzene rings is 1. The predicted octanol–water partition coefficient (Wildman–Crippen LogP) is 5.37. The summed E-state index contributed by atoms with van der Waals surface area (Å²) in [4.78, 5) is 0. The smallest absolute Gasteiger partial charge is 0.127 e. The van der Waals surface area contributed by atoms with Crippen LogP contribution in [0.2, 0.25) is 0 Å². The Bertz CT molecular complexity index is 473. The molecule has 0 nitrogen and oxygen atoms in total. The van der Waals surface area contributed by atoms with Crippen LogP contribution in [0.25, 0.3) is 5.57 Å². The van der Waals surface area contributed by atoms with Crippen molar-refractivity contribution >= 4 is 5.57 Å². The quantitative estimate of drug-likeness (QED) is 0.653. The van der Waals surface area contributed by atoms with E-state index in [1.807, 2.05) is 6.08 Å². The second-order valence-corrected chi connectivity index (χ2v) is 5.36. The molecule has 0 saturated heterocycles.